The number of aromatic hydroxyl groups is 1. The molecule has 1 aliphatic carbocycles. The van der Waals surface area contributed by atoms with Crippen LogP contribution in [0.2, 0.25) is 6.32 Å². The summed E-state index contributed by atoms with van der Waals surface area (Å²) in [6.45, 7) is -0.258. The maximum atomic E-state index is 14.0. The lowest BCUT2D eigenvalue weighted by Gasteiger charge is -2.43. The highest BCUT2D eigenvalue weighted by molar-refractivity contribution is 6.43. The number of aliphatic hydroxyl groups is 1. The molecule has 3 heterocycles. The van der Waals surface area contributed by atoms with Crippen molar-refractivity contribution in [2.75, 3.05) is 13.7 Å². The Labute approximate surface area is 214 Å². The number of hydrogen-bond acceptors (Lipinski definition) is 7. The summed E-state index contributed by atoms with van der Waals surface area (Å²) in [5.41, 5.74) is 3.50. The molecular formula is C27H28BFN2O6. The SMILES string of the molecule is CN1C(=O)[C@@H]2[C@@H](CC(CO)=C3[C@@H](CC/C(=C/c4ccc(O)c(F)c4)c4ccccn4)OB(O)C[C@@H]32)C1=O. The number of phenolic OH excluding ortho intramolecular Hbond substituents is 1. The predicted octanol–water partition coefficient (Wildman–Crippen LogP) is 2.67. The Kier molecular flexibility index (Phi) is 6.98. The van der Waals surface area contributed by atoms with Crippen molar-refractivity contribution in [1.29, 1.82) is 0 Å². The number of aromatic nitrogens is 1. The van der Waals surface area contributed by atoms with E-state index in [1.807, 2.05) is 12.1 Å². The first kappa shape index (κ1) is 25.3. The van der Waals surface area contributed by atoms with Gasteiger partial charge < -0.3 is 19.9 Å². The van der Waals surface area contributed by atoms with E-state index < -0.39 is 42.5 Å². The third-order valence-electron chi connectivity index (χ3n) is 7.70. The van der Waals surface area contributed by atoms with Gasteiger partial charge in [-0.1, -0.05) is 12.1 Å². The molecule has 10 heteroatoms. The molecule has 2 saturated heterocycles. The van der Waals surface area contributed by atoms with E-state index in [1.54, 1.807) is 24.4 Å². The van der Waals surface area contributed by atoms with Crippen LogP contribution in [0.1, 0.15) is 30.5 Å². The molecular weight excluding hydrogens is 478 g/mol. The Bertz CT molecular complexity index is 1280. The lowest BCUT2D eigenvalue weighted by molar-refractivity contribution is -0.138. The molecule has 1 aromatic carbocycles. The third-order valence-corrected chi connectivity index (χ3v) is 7.70. The van der Waals surface area contributed by atoms with Crippen LogP contribution in [-0.2, 0) is 14.2 Å². The second kappa shape index (κ2) is 10.2. The summed E-state index contributed by atoms with van der Waals surface area (Å²) in [6, 6.07) is 9.60. The molecule has 4 atom stereocenters. The molecule has 0 unspecified atom stereocenters. The maximum absolute atomic E-state index is 14.0. The van der Waals surface area contributed by atoms with Gasteiger partial charge in [-0.05, 0) is 84.1 Å². The van der Waals surface area contributed by atoms with E-state index in [9.17, 15) is 29.2 Å². The van der Waals surface area contributed by atoms with Crippen molar-refractivity contribution in [3.05, 3.63) is 70.8 Å². The van der Waals surface area contributed by atoms with Gasteiger partial charge in [0.05, 0.1) is 30.2 Å². The van der Waals surface area contributed by atoms with E-state index in [0.717, 1.165) is 16.0 Å². The first-order valence-electron chi connectivity index (χ1n) is 12.4. The van der Waals surface area contributed by atoms with Crippen molar-refractivity contribution < 1.29 is 33.9 Å². The van der Waals surface area contributed by atoms with E-state index in [0.29, 0.717) is 29.7 Å². The topological polar surface area (TPSA) is 120 Å². The molecule has 3 N–H and O–H groups in total. The zero-order chi connectivity index (χ0) is 26.3. The van der Waals surface area contributed by atoms with Crippen LogP contribution in [0, 0.1) is 23.6 Å². The number of likely N-dealkylation sites (tertiary alicyclic amines) is 1. The second-order valence-corrected chi connectivity index (χ2v) is 9.84. The molecule has 5 rings (SSSR count). The number of imide groups is 1. The number of benzene rings is 1. The summed E-state index contributed by atoms with van der Waals surface area (Å²) < 4.78 is 19.9. The van der Waals surface area contributed by atoms with Crippen molar-refractivity contribution in [3.8, 4) is 5.75 Å². The van der Waals surface area contributed by atoms with E-state index in [4.69, 9.17) is 4.65 Å². The largest absolute Gasteiger partial charge is 0.505 e. The lowest BCUT2D eigenvalue weighted by atomic mass is 9.58. The van der Waals surface area contributed by atoms with Crippen molar-refractivity contribution in [3.63, 3.8) is 0 Å². The average Bonchev–Trinajstić information content (AvgIpc) is 3.12. The summed E-state index contributed by atoms with van der Waals surface area (Å²) in [6.07, 6.45) is 4.18. The summed E-state index contributed by atoms with van der Waals surface area (Å²) >= 11 is 0. The third kappa shape index (κ3) is 4.72. The number of phenols is 1. The van der Waals surface area contributed by atoms with Crippen molar-refractivity contribution in [2.45, 2.75) is 31.7 Å². The predicted molar refractivity (Wildman–Crippen MR) is 134 cm³/mol. The average molecular weight is 506 g/mol. The van der Waals surface area contributed by atoms with Gasteiger partial charge >= 0.3 is 7.12 Å². The smallest absolute Gasteiger partial charge is 0.455 e. The number of pyridine rings is 1. The van der Waals surface area contributed by atoms with Gasteiger partial charge in [0.15, 0.2) is 11.6 Å². The van der Waals surface area contributed by atoms with Crippen LogP contribution >= 0.6 is 0 Å². The van der Waals surface area contributed by atoms with E-state index in [2.05, 4.69) is 4.98 Å². The lowest BCUT2D eigenvalue weighted by Crippen LogP contribution is -2.46. The minimum absolute atomic E-state index is 0.180. The fourth-order valence-electron chi connectivity index (χ4n) is 6.00. The van der Waals surface area contributed by atoms with Gasteiger partial charge in [-0.3, -0.25) is 19.5 Å². The molecule has 192 valence electrons. The van der Waals surface area contributed by atoms with E-state index >= 15 is 0 Å². The number of aliphatic hydroxyl groups excluding tert-OH is 1. The number of rotatable bonds is 6. The molecule has 8 nitrogen and oxygen atoms in total. The Balaban J connectivity index is 1.47. The molecule has 0 saturated carbocycles. The monoisotopic (exact) mass is 506 g/mol. The van der Waals surface area contributed by atoms with Gasteiger partial charge in [-0.15, -0.1) is 0 Å². The van der Waals surface area contributed by atoms with Crippen LogP contribution < -0.4 is 0 Å². The fourth-order valence-corrected chi connectivity index (χ4v) is 6.00. The van der Waals surface area contributed by atoms with Gasteiger partial charge in [0.1, 0.15) is 0 Å². The summed E-state index contributed by atoms with van der Waals surface area (Å²) in [5.74, 6) is -3.18. The summed E-state index contributed by atoms with van der Waals surface area (Å²) in [4.78, 5) is 31.2. The molecule has 2 aromatic rings. The zero-order valence-electron chi connectivity index (χ0n) is 20.4. The number of hydrogen-bond donors (Lipinski definition) is 3. The molecule has 2 aliphatic heterocycles. The Morgan fingerprint density at radius 1 is 1.24 bits per heavy atom. The Morgan fingerprint density at radius 2 is 2.05 bits per heavy atom. The number of nitrogens with zero attached hydrogens (tertiary/aromatic N) is 2. The first-order valence-corrected chi connectivity index (χ1v) is 12.4. The molecule has 1 aromatic heterocycles. The highest BCUT2D eigenvalue weighted by atomic mass is 19.1. The van der Waals surface area contributed by atoms with Crippen LogP contribution in [0.4, 0.5) is 4.39 Å². The number of carbonyl (C=O) groups excluding carboxylic acids is 2. The maximum Gasteiger partial charge on any atom is 0.455 e. The summed E-state index contributed by atoms with van der Waals surface area (Å²) in [7, 11) is 0.365. The zero-order valence-corrected chi connectivity index (χ0v) is 20.4. The molecule has 37 heavy (non-hydrogen) atoms. The standard InChI is InChI=1S/C27H28BFN2O6/c1-31-26(34)18-12-17(14-32)24-19(25(18)27(31)35)13-28(36)37-23(24)8-6-16(21-4-2-3-9-30-21)10-15-5-7-22(33)20(29)11-15/h2-5,7,9-11,18-19,23,25,32-33,36H,6,8,12-14H2,1H3/b16-10-/t18-,19+,23-,25-/m1/s1. The van der Waals surface area contributed by atoms with Crippen molar-refractivity contribution in [1.82, 2.24) is 9.88 Å². The fraction of sp³-hybridized carbons (Fsp3) is 0.370. The molecule has 0 radical (unpaired) electrons. The normalized spacial score (nSPS) is 26.0. The number of allylic oxidation sites excluding steroid dienone is 1. The molecule has 2 amide bonds. The Hall–Kier alpha value is -3.34. The first-order chi connectivity index (χ1) is 17.8. The van der Waals surface area contributed by atoms with Crippen LogP contribution in [-0.4, -0.2) is 63.8 Å². The van der Waals surface area contributed by atoms with Crippen molar-refractivity contribution >= 4 is 30.6 Å². The molecule has 3 aliphatic rings. The van der Waals surface area contributed by atoms with Crippen LogP contribution in [0.3, 0.4) is 0 Å². The minimum Gasteiger partial charge on any atom is -0.505 e. The van der Waals surface area contributed by atoms with Gasteiger partial charge in [-0.25, -0.2) is 4.39 Å². The molecule has 0 spiro atoms. The van der Waals surface area contributed by atoms with Crippen LogP contribution in [0.15, 0.2) is 53.7 Å². The quantitative estimate of drug-likeness (QED) is 0.313. The van der Waals surface area contributed by atoms with Gasteiger partial charge in [0.2, 0.25) is 11.8 Å². The Morgan fingerprint density at radius 3 is 2.76 bits per heavy atom. The number of amides is 2. The van der Waals surface area contributed by atoms with E-state index in [1.165, 1.54) is 19.2 Å². The molecule has 2 fully saturated rings. The van der Waals surface area contributed by atoms with Crippen LogP contribution in [0.25, 0.3) is 11.6 Å². The number of fused-ring (bicyclic) bond motifs is 3. The molecule has 0 bridgehead atoms. The highest BCUT2D eigenvalue weighted by Crippen LogP contribution is 2.50. The van der Waals surface area contributed by atoms with Gasteiger partial charge in [0, 0.05) is 13.2 Å². The highest BCUT2D eigenvalue weighted by Gasteiger charge is 2.56. The summed E-state index contributed by atoms with van der Waals surface area (Å²) in [5, 5.41) is 30.3. The minimum atomic E-state index is -1.11. The van der Waals surface area contributed by atoms with Gasteiger partial charge in [0.25, 0.3) is 0 Å². The second-order valence-electron chi connectivity index (χ2n) is 9.84. The number of carbonyl (C=O) groups is 2. The van der Waals surface area contributed by atoms with Crippen LogP contribution in [0.5, 0.6) is 5.75 Å². The van der Waals surface area contributed by atoms with E-state index in [-0.39, 0.29) is 31.2 Å². The van der Waals surface area contributed by atoms with Crippen molar-refractivity contribution in [2.24, 2.45) is 17.8 Å². The number of halogens is 1. The van der Waals surface area contributed by atoms with Gasteiger partial charge in [-0.2, -0.15) is 0 Å².